The fraction of sp³-hybridized carbons (Fsp3) is 0.111. The van der Waals surface area contributed by atoms with Crippen molar-refractivity contribution >= 4 is 12.0 Å². The predicted octanol–water partition coefficient (Wildman–Crippen LogP) is 4.33. The number of hydrogen-bond donors (Lipinski definition) is 0. The standard InChI is InChI=1S/C18H12F3NO2/c19-18(20,21)16-8-5-13(6-9-16)7-10-17(23)24-12-15-3-1-14(11-22)2-4-15/h1-10H,12H2/b10-7+. The lowest BCUT2D eigenvalue weighted by atomic mass is 10.1. The van der Waals surface area contributed by atoms with E-state index in [1.807, 2.05) is 6.07 Å². The average molecular weight is 331 g/mol. The largest absolute Gasteiger partial charge is 0.458 e. The van der Waals surface area contributed by atoms with Gasteiger partial charge in [-0.2, -0.15) is 18.4 Å². The molecule has 0 fully saturated rings. The first-order chi connectivity index (χ1) is 11.4. The summed E-state index contributed by atoms with van der Waals surface area (Å²) in [5.74, 6) is -0.612. The summed E-state index contributed by atoms with van der Waals surface area (Å²) < 4.78 is 42.3. The molecule has 0 N–H and O–H groups in total. The zero-order valence-corrected chi connectivity index (χ0v) is 12.4. The molecule has 0 saturated heterocycles. The molecule has 2 aromatic rings. The van der Waals surface area contributed by atoms with Gasteiger partial charge < -0.3 is 4.74 Å². The van der Waals surface area contributed by atoms with Gasteiger partial charge in [0.25, 0.3) is 0 Å². The van der Waals surface area contributed by atoms with Crippen LogP contribution in [0.3, 0.4) is 0 Å². The minimum Gasteiger partial charge on any atom is -0.458 e. The lowest BCUT2D eigenvalue weighted by molar-refractivity contribution is -0.139. The second kappa shape index (κ2) is 7.47. The van der Waals surface area contributed by atoms with Crippen LogP contribution >= 0.6 is 0 Å². The topological polar surface area (TPSA) is 50.1 Å². The van der Waals surface area contributed by atoms with Gasteiger partial charge in [0.1, 0.15) is 6.61 Å². The van der Waals surface area contributed by atoms with Crippen LogP contribution in [0.25, 0.3) is 6.08 Å². The molecule has 0 aliphatic carbocycles. The smallest absolute Gasteiger partial charge is 0.416 e. The zero-order chi connectivity index (χ0) is 17.6. The number of nitriles is 1. The molecule has 0 aliphatic rings. The van der Waals surface area contributed by atoms with Crippen LogP contribution < -0.4 is 0 Å². The summed E-state index contributed by atoms with van der Waals surface area (Å²) in [5, 5.41) is 8.68. The first kappa shape index (κ1) is 17.3. The van der Waals surface area contributed by atoms with Gasteiger partial charge in [-0.1, -0.05) is 24.3 Å². The zero-order valence-electron chi connectivity index (χ0n) is 12.4. The van der Waals surface area contributed by atoms with E-state index in [-0.39, 0.29) is 6.61 Å². The van der Waals surface area contributed by atoms with E-state index < -0.39 is 17.7 Å². The minimum absolute atomic E-state index is 0.0435. The molecule has 6 heteroatoms. The van der Waals surface area contributed by atoms with Crippen LogP contribution in [0.4, 0.5) is 13.2 Å². The van der Waals surface area contributed by atoms with Gasteiger partial charge in [-0.3, -0.25) is 0 Å². The van der Waals surface area contributed by atoms with Crippen LogP contribution in [-0.4, -0.2) is 5.97 Å². The van der Waals surface area contributed by atoms with Gasteiger partial charge >= 0.3 is 12.1 Å². The van der Waals surface area contributed by atoms with Crippen LogP contribution in [-0.2, 0) is 22.3 Å². The van der Waals surface area contributed by atoms with Gasteiger partial charge in [-0.15, -0.1) is 0 Å². The molecule has 0 aromatic heterocycles. The molecule has 0 heterocycles. The van der Waals surface area contributed by atoms with E-state index in [0.29, 0.717) is 11.1 Å². The van der Waals surface area contributed by atoms with Crippen LogP contribution in [0.1, 0.15) is 22.3 Å². The Balaban J connectivity index is 1.89. The molecule has 24 heavy (non-hydrogen) atoms. The summed E-state index contributed by atoms with van der Waals surface area (Å²) >= 11 is 0. The summed E-state index contributed by atoms with van der Waals surface area (Å²) in [5.41, 5.74) is 0.943. The van der Waals surface area contributed by atoms with Gasteiger partial charge in [-0.25, -0.2) is 4.79 Å². The number of alkyl halides is 3. The maximum atomic E-state index is 12.4. The molecular weight excluding hydrogens is 319 g/mol. The van der Waals surface area contributed by atoms with E-state index in [9.17, 15) is 18.0 Å². The predicted molar refractivity (Wildman–Crippen MR) is 81.4 cm³/mol. The number of rotatable bonds is 4. The van der Waals surface area contributed by atoms with E-state index in [0.717, 1.165) is 23.8 Å². The molecule has 0 radical (unpaired) electrons. The Hall–Kier alpha value is -3.07. The van der Waals surface area contributed by atoms with Crippen LogP contribution in [0.15, 0.2) is 54.6 Å². The monoisotopic (exact) mass is 331 g/mol. The van der Waals surface area contributed by atoms with Crippen molar-refractivity contribution in [1.82, 2.24) is 0 Å². The lowest BCUT2D eigenvalue weighted by Crippen LogP contribution is -2.04. The second-order valence-corrected chi connectivity index (χ2v) is 4.87. The first-order valence-electron chi connectivity index (χ1n) is 6.89. The van der Waals surface area contributed by atoms with E-state index in [4.69, 9.17) is 10.00 Å². The third-order valence-electron chi connectivity index (χ3n) is 3.11. The van der Waals surface area contributed by atoms with Crippen molar-refractivity contribution in [3.05, 3.63) is 76.9 Å². The number of nitrogens with zero attached hydrogens (tertiary/aromatic N) is 1. The highest BCUT2D eigenvalue weighted by molar-refractivity contribution is 5.87. The number of halogens is 3. The highest BCUT2D eigenvalue weighted by Crippen LogP contribution is 2.29. The third-order valence-corrected chi connectivity index (χ3v) is 3.11. The number of hydrogen-bond acceptors (Lipinski definition) is 3. The molecule has 0 spiro atoms. The van der Waals surface area contributed by atoms with E-state index >= 15 is 0 Å². The van der Waals surface area contributed by atoms with Crippen LogP contribution in [0, 0.1) is 11.3 Å². The van der Waals surface area contributed by atoms with Gasteiger partial charge in [0.05, 0.1) is 17.2 Å². The average Bonchev–Trinajstić information content (AvgIpc) is 2.58. The SMILES string of the molecule is N#Cc1ccc(COC(=O)/C=C/c2ccc(C(F)(F)F)cc2)cc1. The molecule has 0 bridgehead atoms. The summed E-state index contributed by atoms with van der Waals surface area (Å²) in [7, 11) is 0. The number of benzene rings is 2. The Kier molecular flexibility index (Phi) is 5.38. The summed E-state index contributed by atoms with van der Waals surface area (Å²) in [6, 6.07) is 13.0. The Bertz CT molecular complexity index is 770. The number of esters is 1. The van der Waals surface area contributed by atoms with Gasteiger partial charge in [-0.05, 0) is 41.5 Å². The summed E-state index contributed by atoms with van der Waals surface area (Å²) in [6.45, 7) is 0.0435. The maximum absolute atomic E-state index is 12.4. The molecule has 122 valence electrons. The van der Waals surface area contributed by atoms with Crippen molar-refractivity contribution in [2.24, 2.45) is 0 Å². The van der Waals surface area contributed by atoms with E-state index in [1.165, 1.54) is 18.2 Å². The highest BCUT2D eigenvalue weighted by Gasteiger charge is 2.29. The van der Waals surface area contributed by atoms with Crippen molar-refractivity contribution in [2.75, 3.05) is 0 Å². The molecular formula is C18H12F3NO2. The van der Waals surface area contributed by atoms with Gasteiger partial charge in [0.2, 0.25) is 0 Å². The van der Waals surface area contributed by atoms with Crippen molar-refractivity contribution in [2.45, 2.75) is 12.8 Å². The fourth-order valence-electron chi connectivity index (χ4n) is 1.83. The van der Waals surface area contributed by atoms with Crippen LogP contribution in [0.2, 0.25) is 0 Å². The quantitative estimate of drug-likeness (QED) is 0.619. The molecule has 0 amide bonds. The van der Waals surface area contributed by atoms with Crippen LogP contribution in [0.5, 0.6) is 0 Å². The number of carbonyl (C=O) groups excluding carboxylic acids is 1. The Labute approximate surface area is 136 Å². The molecule has 0 aliphatic heterocycles. The number of carbonyl (C=O) groups is 1. The minimum atomic E-state index is -4.39. The van der Waals surface area contributed by atoms with E-state index in [1.54, 1.807) is 24.3 Å². The molecule has 0 saturated carbocycles. The molecule has 0 atom stereocenters. The third kappa shape index (κ3) is 4.99. The molecule has 0 unspecified atom stereocenters. The second-order valence-electron chi connectivity index (χ2n) is 4.87. The van der Waals surface area contributed by atoms with Crippen molar-refractivity contribution in [3.63, 3.8) is 0 Å². The highest BCUT2D eigenvalue weighted by atomic mass is 19.4. The van der Waals surface area contributed by atoms with Crippen molar-refractivity contribution in [3.8, 4) is 6.07 Å². The molecule has 2 aromatic carbocycles. The lowest BCUT2D eigenvalue weighted by Gasteiger charge is -2.06. The fourth-order valence-corrected chi connectivity index (χ4v) is 1.83. The Morgan fingerprint density at radius 2 is 1.71 bits per heavy atom. The van der Waals surface area contributed by atoms with Crippen molar-refractivity contribution < 1.29 is 22.7 Å². The molecule has 2 rings (SSSR count). The summed E-state index contributed by atoms with van der Waals surface area (Å²) in [6.07, 6.45) is -1.87. The Morgan fingerprint density at radius 1 is 1.08 bits per heavy atom. The summed E-state index contributed by atoms with van der Waals surface area (Å²) in [4.78, 5) is 11.6. The normalized spacial score (nSPS) is 11.2. The maximum Gasteiger partial charge on any atom is 0.416 e. The van der Waals surface area contributed by atoms with Gasteiger partial charge in [0.15, 0.2) is 0 Å². The first-order valence-corrected chi connectivity index (χ1v) is 6.89. The van der Waals surface area contributed by atoms with E-state index in [2.05, 4.69) is 0 Å². The molecule has 3 nitrogen and oxygen atoms in total. The Morgan fingerprint density at radius 3 is 2.25 bits per heavy atom. The van der Waals surface area contributed by atoms with Gasteiger partial charge in [0, 0.05) is 6.08 Å². The van der Waals surface area contributed by atoms with Crippen molar-refractivity contribution in [1.29, 1.82) is 5.26 Å². The number of ether oxygens (including phenoxy) is 1.